The fourth-order valence-corrected chi connectivity index (χ4v) is 0.574. The third kappa shape index (κ3) is 0.910. The van der Waals surface area contributed by atoms with Gasteiger partial charge in [-0.3, -0.25) is 4.68 Å². The molecular weight excluding hydrogens is 120 g/mol. The van der Waals surface area contributed by atoms with Crippen molar-refractivity contribution in [2.24, 2.45) is 7.05 Å². The van der Waals surface area contributed by atoms with Crippen LogP contribution >= 0.6 is 0 Å². The van der Waals surface area contributed by atoms with Gasteiger partial charge in [-0.1, -0.05) is 0 Å². The Bertz CT molecular complexity index is 229. The molecule has 0 aliphatic rings. The molecule has 0 saturated carbocycles. The zero-order valence-corrected chi connectivity index (χ0v) is 4.87. The van der Waals surface area contributed by atoms with Gasteiger partial charge in [-0.2, -0.15) is 5.10 Å². The summed E-state index contributed by atoms with van der Waals surface area (Å²) < 4.78 is 1.25. The predicted molar refractivity (Wildman–Crippen MR) is 27.5 cm³/mol. The highest BCUT2D eigenvalue weighted by atomic mass is 16.4. The SMILES string of the molecule is Cn1nccc1C(=O)[O-]. The molecule has 48 valence electrons. The van der Waals surface area contributed by atoms with Gasteiger partial charge in [0.15, 0.2) is 0 Å². The Morgan fingerprint density at radius 3 is 2.78 bits per heavy atom. The maximum atomic E-state index is 10.1. The topological polar surface area (TPSA) is 58.0 Å². The van der Waals surface area contributed by atoms with E-state index >= 15 is 0 Å². The van der Waals surface area contributed by atoms with Crippen molar-refractivity contribution >= 4 is 5.97 Å². The van der Waals surface area contributed by atoms with E-state index in [2.05, 4.69) is 5.10 Å². The van der Waals surface area contributed by atoms with Gasteiger partial charge in [0.2, 0.25) is 0 Å². The second kappa shape index (κ2) is 1.89. The predicted octanol–water partition coefficient (Wildman–Crippen LogP) is -1.22. The maximum Gasteiger partial charge on any atom is 0.0896 e. The molecule has 0 N–H and O–H groups in total. The molecule has 0 aliphatic heterocycles. The summed E-state index contributed by atoms with van der Waals surface area (Å²) in [5, 5.41) is 13.7. The van der Waals surface area contributed by atoms with E-state index in [4.69, 9.17) is 0 Å². The van der Waals surface area contributed by atoms with Crippen LogP contribution in [0.25, 0.3) is 0 Å². The number of carboxylic acids is 1. The quantitative estimate of drug-likeness (QED) is 0.473. The first-order chi connectivity index (χ1) is 4.22. The third-order valence-corrected chi connectivity index (χ3v) is 1.03. The van der Waals surface area contributed by atoms with E-state index in [1.165, 1.54) is 16.9 Å². The zero-order chi connectivity index (χ0) is 6.85. The molecule has 0 saturated heterocycles. The van der Waals surface area contributed by atoms with Gasteiger partial charge in [0, 0.05) is 13.2 Å². The molecule has 0 spiro atoms. The number of hydrogen-bond donors (Lipinski definition) is 0. The summed E-state index contributed by atoms with van der Waals surface area (Å²) in [5.41, 5.74) is 0.0926. The van der Waals surface area contributed by atoms with Crippen LogP contribution in [0.5, 0.6) is 0 Å². The number of nitrogens with zero attached hydrogens (tertiary/aromatic N) is 2. The highest BCUT2D eigenvalue weighted by Gasteiger charge is 1.95. The first-order valence-electron chi connectivity index (χ1n) is 2.41. The van der Waals surface area contributed by atoms with Crippen LogP contribution in [0.3, 0.4) is 0 Å². The summed E-state index contributed by atoms with van der Waals surface area (Å²) in [7, 11) is 1.55. The molecule has 0 atom stereocenters. The molecule has 0 fully saturated rings. The van der Waals surface area contributed by atoms with Crippen molar-refractivity contribution in [2.75, 3.05) is 0 Å². The Hall–Kier alpha value is -1.32. The molecule has 0 aliphatic carbocycles. The number of carbonyl (C=O) groups excluding carboxylic acids is 1. The number of aromatic carboxylic acids is 1. The molecule has 9 heavy (non-hydrogen) atoms. The molecule has 0 bridgehead atoms. The van der Waals surface area contributed by atoms with E-state index in [1.54, 1.807) is 7.05 Å². The zero-order valence-electron chi connectivity index (χ0n) is 4.87. The van der Waals surface area contributed by atoms with Gasteiger partial charge in [-0.15, -0.1) is 0 Å². The van der Waals surface area contributed by atoms with Gasteiger partial charge in [-0.05, 0) is 6.07 Å². The van der Waals surface area contributed by atoms with E-state index < -0.39 is 5.97 Å². The van der Waals surface area contributed by atoms with E-state index in [0.717, 1.165) is 0 Å². The molecule has 0 amide bonds. The highest BCUT2D eigenvalue weighted by molar-refractivity contribution is 5.83. The summed E-state index contributed by atoms with van der Waals surface area (Å²) in [6.07, 6.45) is 1.41. The summed E-state index contributed by atoms with van der Waals surface area (Å²) >= 11 is 0. The molecule has 1 heterocycles. The monoisotopic (exact) mass is 125 g/mol. The van der Waals surface area contributed by atoms with Gasteiger partial charge in [0.05, 0.1) is 11.7 Å². The van der Waals surface area contributed by atoms with Crippen LogP contribution in [-0.2, 0) is 7.05 Å². The second-order valence-electron chi connectivity index (χ2n) is 1.63. The van der Waals surface area contributed by atoms with E-state index in [0.29, 0.717) is 0 Å². The number of carboxylic acid groups (broad SMARTS) is 1. The Kier molecular flexibility index (Phi) is 1.22. The van der Waals surface area contributed by atoms with Crippen molar-refractivity contribution in [3.8, 4) is 0 Å². The minimum absolute atomic E-state index is 0.0926. The summed E-state index contributed by atoms with van der Waals surface area (Å²) in [6.45, 7) is 0. The Balaban J connectivity index is 3.08. The largest absolute Gasteiger partial charge is 0.543 e. The number of carbonyl (C=O) groups is 1. The van der Waals surface area contributed by atoms with Crippen molar-refractivity contribution in [3.63, 3.8) is 0 Å². The van der Waals surface area contributed by atoms with Gasteiger partial charge in [-0.25, -0.2) is 0 Å². The normalized spacial score (nSPS) is 9.44. The Labute approximate surface area is 51.7 Å². The Morgan fingerprint density at radius 1 is 1.89 bits per heavy atom. The Morgan fingerprint density at radius 2 is 2.56 bits per heavy atom. The van der Waals surface area contributed by atoms with Crippen LogP contribution in [0.4, 0.5) is 0 Å². The van der Waals surface area contributed by atoms with Gasteiger partial charge in [0.25, 0.3) is 0 Å². The van der Waals surface area contributed by atoms with Gasteiger partial charge in [0.1, 0.15) is 0 Å². The first kappa shape index (κ1) is 5.81. The molecule has 0 radical (unpaired) electrons. The minimum Gasteiger partial charge on any atom is -0.543 e. The van der Waals surface area contributed by atoms with Crippen molar-refractivity contribution in [2.45, 2.75) is 0 Å². The lowest BCUT2D eigenvalue weighted by atomic mass is 10.4. The van der Waals surface area contributed by atoms with E-state index in [-0.39, 0.29) is 5.69 Å². The first-order valence-corrected chi connectivity index (χ1v) is 2.41. The number of rotatable bonds is 1. The fraction of sp³-hybridized carbons (Fsp3) is 0.200. The molecule has 4 nitrogen and oxygen atoms in total. The van der Waals surface area contributed by atoms with Crippen LogP contribution in [0.15, 0.2) is 12.3 Å². The van der Waals surface area contributed by atoms with Crippen LogP contribution in [0, 0.1) is 0 Å². The molecule has 0 aromatic carbocycles. The standard InChI is InChI=1S/C5H6N2O2/c1-7-4(5(8)9)2-3-6-7/h2-3H,1H3,(H,8,9)/p-1. The number of aromatic nitrogens is 2. The van der Waals surface area contributed by atoms with Crippen LogP contribution < -0.4 is 5.11 Å². The second-order valence-corrected chi connectivity index (χ2v) is 1.63. The molecule has 4 heteroatoms. The van der Waals surface area contributed by atoms with E-state index in [1.807, 2.05) is 0 Å². The fourth-order valence-electron chi connectivity index (χ4n) is 0.574. The number of hydrogen-bond acceptors (Lipinski definition) is 3. The third-order valence-electron chi connectivity index (χ3n) is 1.03. The van der Waals surface area contributed by atoms with Gasteiger partial charge >= 0.3 is 0 Å². The minimum atomic E-state index is -1.20. The van der Waals surface area contributed by atoms with Crippen molar-refractivity contribution in [1.29, 1.82) is 0 Å². The smallest absolute Gasteiger partial charge is 0.0896 e. The average Bonchev–Trinajstić information content (AvgIpc) is 2.13. The molecular formula is C5H5N2O2-. The lowest BCUT2D eigenvalue weighted by molar-refractivity contribution is -0.255. The lowest BCUT2D eigenvalue weighted by Crippen LogP contribution is -2.24. The average molecular weight is 125 g/mol. The molecule has 1 aromatic heterocycles. The van der Waals surface area contributed by atoms with Crippen molar-refractivity contribution < 1.29 is 9.90 Å². The van der Waals surface area contributed by atoms with Gasteiger partial charge < -0.3 is 9.90 Å². The van der Waals surface area contributed by atoms with Crippen LogP contribution in [0.1, 0.15) is 10.5 Å². The summed E-state index contributed by atoms with van der Waals surface area (Å²) in [5.74, 6) is -1.20. The summed E-state index contributed by atoms with van der Waals surface area (Å²) in [6, 6.07) is 1.38. The van der Waals surface area contributed by atoms with E-state index in [9.17, 15) is 9.90 Å². The summed E-state index contributed by atoms with van der Waals surface area (Å²) in [4.78, 5) is 10.1. The molecule has 1 rings (SSSR count). The highest BCUT2D eigenvalue weighted by Crippen LogP contribution is 1.91. The number of aryl methyl sites for hydroxylation is 1. The molecule has 0 unspecified atom stereocenters. The maximum absolute atomic E-state index is 10.1. The van der Waals surface area contributed by atoms with Crippen molar-refractivity contribution in [1.82, 2.24) is 9.78 Å². The van der Waals surface area contributed by atoms with Crippen LogP contribution in [-0.4, -0.2) is 15.7 Å². The van der Waals surface area contributed by atoms with Crippen LogP contribution in [0.2, 0.25) is 0 Å². The lowest BCUT2D eigenvalue weighted by Gasteiger charge is -1.99. The van der Waals surface area contributed by atoms with Crippen molar-refractivity contribution in [3.05, 3.63) is 18.0 Å². The molecule has 1 aromatic rings.